The average molecular weight is 512 g/mol. The predicted molar refractivity (Wildman–Crippen MR) is 138 cm³/mol. The number of halogens is 1. The van der Waals surface area contributed by atoms with Crippen molar-refractivity contribution >= 4 is 23.6 Å². The highest BCUT2D eigenvalue weighted by Gasteiger charge is 2.22. The zero-order chi connectivity index (χ0) is 26.8. The number of unbranched alkanes of at least 4 members (excludes halogenated alkanes) is 1. The minimum atomic E-state index is -0.619. The molecule has 0 bridgehead atoms. The van der Waals surface area contributed by atoms with Crippen LogP contribution in [0.4, 0.5) is 20.8 Å². The highest BCUT2D eigenvalue weighted by atomic mass is 19.1. The van der Waals surface area contributed by atoms with Crippen LogP contribution in [-0.4, -0.2) is 58.7 Å². The third-order valence-electron chi connectivity index (χ3n) is 5.27. The van der Waals surface area contributed by atoms with Crippen molar-refractivity contribution in [2.24, 2.45) is 0 Å². The molecule has 10 heteroatoms. The van der Waals surface area contributed by atoms with Gasteiger partial charge in [-0.2, -0.15) is 4.98 Å². The maximum atomic E-state index is 13.5. The summed E-state index contributed by atoms with van der Waals surface area (Å²) < 4.78 is 24.7. The smallest absolute Gasteiger partial charge is 0.410 e. The molecule has 0 saturated heterocycles. The Hall–Kier alpha value is -3.87. The number of hydrogen-bond donors (Lipinski definition) is 2. The van der Waals surface area contributed by atoms with Crippen molar-refractivity contribution in [1.82, 2.24) is 20.2 Å². The molecule has 1 heterocycles. The van der Waals surface area contributed by atoms with E-state index in [1.807, 2.05) is 0 Å². The highest BCUT2D eigenvalue weighted by molar-refractivity contribution is 5.82. The Bertz CT molecular complexity index is 1150. The van der Waals surface area contributed by atoms with Gasteiger partial charge in [-0.1, -0.05) is 17.9 Å². The molecule has 1 aromatic carbocycles. The molecule has 0 unspecified atom stereocenters. The molecule has 3 rings (SSSR count). The number of benzene rings is 1. The van der Waals surface area contributed by atoms with E-state index in [1.54, 1.807) is 39.1 Å². The molecule has 1 aromatic heterocycles. The van der Waals surface area contributed by atoms with Crippen LogP contribution in [0.15, 0.2) is 30.5 Å². The second-order valence-electron chi connectivity index (χ2n) is 9.81. The summed E-state index contributed by atoms with van der Waals surface area (Å²) in [5, 5.41) is 5.76. The summed E-state index contributed by atoms with van der Waals surface area (Å²) in [6, 6.07) is 6.05. The van der Waals surface area contributed by atoms with Gasteiger partial charge in [0.05, 0.1) is 6.20 Å². The lowest BCUT2D eigenvalue weighted by Crippen LogP contribution is -2.41. The van der Waals surface area contributed by atoms with Gasteiger partial charge in [-0.15, -0.1) is 0 Å². The van der Waals surface area contributed by atoms with Crippen LogP contribution in [0.5, 0.6) is 5.88 Å². The van der Waals surface area contributed by atoms with Crippen LogP contribution >= 0.6 is 0 Å². The van der Waals surface area contributed by atoms with E-state index in [-0.39, 0.29) is 24.4 Å². The number of hydrogen-bond acceptors (Lipinski definition) is 7. The fraction of sp³-hybridized carbons (Fsp3) is 0.481. The van der Waals surface area contributed by atoms with Gasteiger partial charge in [0.2, 0.25) is 17.7 Å². The Morgan fingerprint density at radius 3 is 2.73 bits per heavy atom. The first kappa shape index (κ1) is 27.7. The number of aromatic nitrogens is 2. The third-order valence-corrected chi connectivity index (χ3v) is 5.27. The van der Waals surface area contributed by atoms with Crippen LogP contribution in [0.1, 0.15) is 58.4 Å². The maximum absolute atomic E-state index is 13.5. The number of likely N-dealkylation sites (N-methyl/N-ethyl adjacent to an activating group) is 1. The second kappa shape index (κ2) is 12.9. The minimum Gasteiger partial charge on any atom is -0.473 e. The monoisotopic (exact) mass is 511 g/mol. The zero-order valence-electron chi connectivity index (χ0n) is 21.8. The number of ether oxygens (including phenoxy) is 2. The lowest BCUT2D eigenvalue weighted by Gasteiger charge is -2.26. The topological polar surface area (TPSA) is 106 Å². The molecule has 1 aliphatic carbocycles. The molecule has 0 atom stereocenters. The van der Waals surface area contributed by atoms with Crippen molar-refractivity contribution in [3.63, 3.8) is 0 Å². The van der Waals surface area contributed by atoms with Gasteiger partial charge in [-0.05, 0) is 64.7 Å². The number of amides is 2. The number of nitrogens with one attached hydrogen (secondary N) is 2. The largest absolute Gasteiger partial charge is 0.473 e. The summed E-state index contributed by atoms with van der Waals surface area (Å²) in [6.07, 6.45) is 5.36. The van der Waals surface area contributed by atoms with Crippen LogP contribution in [0.2, 0.25) is 0 Å². The number of nitrogens with zero attached hydrogens (tertiary/aromatic N) is 3. The number of carbonyl (C=O) groups excluding carboxylic acids is 2. The van der Waals surface area contributed by atoms with Gasteiger partial charge in [0, 0.05) is 25.7 Å². The molecule has 1 aliphatic rings. The Morgan fingerprint density at radius 2 is 2.05 bits per heavy atom. The molecule has 1 saturated carbocycles. The minimum absolute atomic E-state index is 0.0875. The van der Waals surface area contributed by atoms with Crippen molar-refractivity contribution in [3.8, 4) is 17.7 Å². The van der Waals surface area contributed by atoms with E-state index in [1.165, 1.54) is 24.1 Å². The van der Waals surface area contributed by atoms with Crippen LogP contribution in [0.25, 0.3) is 0 Å². The van der Waals surface area contributed by atoms with Gasteiger partial charge >= 0.3 is 6.09 Å². The first-order valence-corrected chi connectivity index (χ1v) is 12.3. The van der Waals surface area contributed by atoms with Crippen molar-refractivity contribution in [1.29, 1.82) is 0 Å². The molecule has 0 spiro atoms. The fourth-order valence-corrected chi connectivity index (χ4v) is 3.18. The van der Waals surface area contributed by atoms with E-state index in [4.69, 9.17) is 9.47 Å². The van der Waals surface area contributed by atoms with Crippen LogP contribution in [0, 0.1) is 17.7 Å². The Morgan fingerprint density at radius 1 is 1.27 bits per heavy atom. The molecule has 0 radical (unpaired) electrons. The molecule has 1 fully saturated rings. The Balaban J connectivity index is 1.49. The van der Waals surface area contributed by atoms with E-state index in [2.05, 4.69) is 32.4 Å². The molecule has 2 aromatic rings. The van der Waals surface area contributed by atoms with E-state index < -0.39 is 11.7 Å². The van der Waals surface area contributed by atoms with E-state index >= 15 is 0 Å². The molecule has 0 aliphatic heterocycles. The lowest BCUT2D eigenvalue weighted by molar-refractivity contribution is -0.122. The van der Waals surface area contributed by atoms with Crippen LogP contribution in [0.3, 0.4) is 0 Å². The second-order valence-corrected chi connectivity index (χ2v) is 9.81. The lowest BCUT2D eigenvalue weighted by atomic mass is 9.96. The summed E-state index contributed by atoms with van der Waals surface area (Å²) in [4.78, 5) is 34.0. The van der Waals surface area contributed by atoms with Gasteiger partial charge in [0.15, 0.2) is 0 Å². The van der Waals surface area contributed by atoms with Gasteiger partial charge in [-0.25, -0.2) is 14.2 Å². The number of carbonyl (C=O) groups is 2. The van der Waals surface area contributed by atoms with Crippen molar-refractivity contribution in [3.05, 3.63) is 41.8 Å². The van der Waals surface area contributed by atoms with Crippen molar-refractivity contribution in [2.45, 2.75) is 64.6 Å². The summed E-state index contributed by atoms with van der Waals surface area (Å²) in [7, 11) is 1.52. The molecule has 2 N–H and O–H groups in total. The molecule has 37 heavy (non-hydrogen) atoms. The number of anilines is 2. The highest BCUT2D eigenvalue weighted by Crippen LogP contribution is 2.27. The van der Waals surface area contributed by atoms with E-state index in [0.717, 1.165) is 19.3 Å². The first-order chi connectivity index (χ1) is 17.6. The zero-order valence-corrected chi connectivity index (χ0v) is 21.8. The molecular formula is C27H34FN5O4. The summed E-state index contributed by atoms with van der Waals surface area (Å²) in [6.45, 7) is 5.65. The quantitative estimate of drug-likeness (QED) is 0.380. The van der Waals surface area contributed by atoms with Gasteiger partial charge in [0.25, 0.3) is 0 Å². The van der Waals surface area contributed by atoms with Gasteiger partial charge < -0.3 is 25.0 Å². The van der Waals surface area contributed by atoms with E-state index in [9.17, 15) is 14.0 Å². The average Bonchev–Trinajstić information content (AvgIpc) is 2.78. The van der Waals surface area contributed by atoms with Crippen LogP contribution < -0.4 is 15.4 Å². The molecule has 2 amide bonds. The summed E-state index contributed by atoms with van der Waals surface area (Å²) in [5.41, 5.74) is 0.486. The fourth-order valence-electron chi connectivity index (χ4n) is 3.18. The van der Waals surface area contributed by atoms with Gasteiger partial charge in [-0.3, -0.25) is 4.79 Å². The third kappa shape index (κ3) is 9.60. The summed E-state index contributed by atoms with van der Waals surface area (Å²) in [5.74, 6) is 6.19. The molecule has 198 valence electrons. The normalized spacial score (nSPS) is 13.0. The van der Waals surface area contributed by atoms with Crippen molar-refractivity contribution in [2.75, 3.05) is 25.5 Å². The predicted octanol–water partition coefficient (Wildman–Crippen LogP) is 4.41. The number of rotatable bonds is 9. The molecular weight excluding hydrogens is 477 g/mol. The summed E-state index contributed by atoms with van der Waals surface area (Å²) >= 11 is 0. The van der Waals surface area contributed by atoms with Crippen LogP contribution in [-0.2, 0) is 9.53 Å². The van der Waals surface area contributed by atoms with Gasteiger partial charge in [0.1, 0.15) is 29.6 Å². The standard InChI is InChI=1S/C27H34FN5O4/c1-27(2,3)37-26(35)33(4)18-23(34)29-15-7-5-6-10-19-17-30-25(31-21-12-8-11-20(28)16-21)32-24(19)36-22-13-9-14-22/h8,11-12,16-17,22H,5,7,9,13-15,18H2,1-4H3,(H,29,34)(H,30,31,32). The SMILES string of the molecule is CN(CC(=O)NCCCC#Cc1cnc(Nc2cccc(F)c2)nc1OC1CCC1)C(=O)OC(C)(C)C. The maximum Gasteiger partial charge on any atom is 0.410 e. The Labute approximate surface area is 217 Å². The van der Waals surface area contributed by atoms with Crippen molar-refractivity contribution < 1.29 is 23.5 Å². The Kier molecular flexibility index (Phi) is 9.66. The molecule has 9 nitrogen and oxygen atoms in total. The first-order valence-electron chi connectivity index (χ1n) is 12.3. The van der Waals surface area contributed by atoms with E-state index in [0.29, 0.717) is 42.5 Å².